The molecule has 0 spiro atoms. The molecule has 0 aliphatic carbocycles. The van der Waals surface area contributed by atoms with Gasteiger partial charge in [0.2, 0.25) is 0 Å². The van der Waals surface area contributed by atoms with E-state index >= 15 is 0 Å². The summed E-state index contributed by atoms with van der Waals surface area (Å²) in [6.07, 6.45) is 0.741. The predicted molar refractivity (Wildman–Crippen MR) is 110 cm³/mol. The third kappa shape index (κ3) is 5.92. The lowest BCUT2D eigenvalue weighted by molar-refractivity contribution is -0.120. The quantitative estimate of drug-likeness (QED) is 0.501. The number of ether oxygens (including phenoxy) is 2. The maximum absolute atomic E-state index is 5.87. The zero-order valence-corrected chi connectivity index (χ0v) is 17.3. The highest BCUT2D eigenvalue weighted by atomic mass is 31.1. The molecular weight excluding hydrogens is 327 g/mol. The zero-order chi connectivity index (χ0) is 18.4. The van der Waals surface area contributed by atoms with E-state index in [-0.39, 0.29) is 6.29 Å². The van der Waals surface area contributed by atoms with Crippen molar-refractivity contribution in [1.82, 2.24) is 0 Å². The average molecular weight is 358 g/mol. The smallest absolute Gasteiger partial charge is 0.162 e. The van der Waals surface area contributed by atoms with Gasteiger partial charge in [0.05, 0.1) is 0 Å². The highest BCUT2D eigenvalue weighted by Gasteiger charge is 2.21. The van der Waals surface area contributed by atoms with Gasteiger partial charge in [0, 0.05) is 19.4 Å². The molecule has 0 N–H and O–H groups in total. The van der Waals surface area contributed by atoms with Crippen molar-refractivity contribution < 1.29 is 9.47 Å². The summed E-state index contributed by atoms with van der Waals surface area (Å²) in [5.41, 5.74) is 5.26. The molecule has 0 atom stereocenters. The minimum atomic E-state index is -0.528. The van der Waals surface area contributed by atoms with Crippen molar-refractivity contribution in [2.24, 2.45) is 0 Å². The molecule has 25 heavy (non-hydrogen) atoms. The topological polar surface area (TPSA) is 18.5 Å². The highest BCUT2D eigenvalue weighted by Crippen LogP contribution is 2.36. The molecule has 0 bridgehead atoms. The lowest BCUT2D eigenvalue weighted by Crippen LogP contribution is -2.27. The van der Waals surface area contributed by atoms with Gasteiger partial charge in [0.25, 0.3) is 0 Å². The first kappa shape index (κ1) is 20.1. The van der Waals surface area contributed by atoms with Crippen molar-refractivity contribution in [2.45, 2.75) is 47.8 Å². The fraction of sp³-hybridized carbons (Fsp3) is 0.455. The van der Waals surface area contributed by atoms with E-state index in [1.165, 1.54) is 32.9 Å². The Bertz CT molecular complexity index is 598. The van der Waals surface area contributed by atoms with Crippen LogP contribution < -0.4 is 10.6 Å². The molecule has 0 amide bonds. The van der Waals surface area contributed by atoms with Gasteiger partial charge < -0.3 is 9.47 Å². The molecule has 0 unspecified atom stereocenters. The van der Waals surface area contributed by atoms with Crippen LogP contribution in [0.4, 0.5) is 0 Å². The van der Waals surface area contributed by atoms with E-state index in [1.807, 2.05) is 13.8 Å². The molecule has 0 fully saturated rings. The molecule has 0 aromatic heterocycles. The second kappa shape index (κ2) is 9.48. The Balaban J connectivity index is 2.46. The van der Waals surface area contributed by atoms with Crippen molar-refractivity contribution in [2.75, 3.05) is 19.4 Å². The van der Waals surface area contributed by atoms with Gasteiger partial charge in [0.15, 0.2) is 6.29 Å². The van der Waals surface area contributed by atoms with E-state index in [1.54, 1.807) is 0 Å². The third-order valence-electron chi connectivity index (χ3n) is 4.07. The van der Waals surface area contributed by atoms with Crippen molar-refractivity contribution in [3.8, 4) is 0 Å². The first-order valence-corrected chi connectivity index (χ1v) is 10.6. The molecule has 0 radical (unpaired) electrons. The molecule has 0 saturated heterocycles. The largest absolute Gasteiger partial charge is 0.353 e. The summed E-state index contributed by atoms with van der Waals surface area (Å²) < 4.78 is 11.7. The standard InChI is InChI=1S/C22H31O2P/c1-7-23-22(24-8-2)15-25(20-11-16(3)9-17(4)12-20)21-13-18(5)10-19(6)14-21/h9-14,22H,7-8,15H2,1-6H3. The lowest BCUT2D eigenvalue weighted by Gasteiger charge is -2.26. The van der Waals surface area contributed by atoms with E-state index in [4.69, 9.17) is 9.47 Å². The summed E-state index contributed by atoms with van der Waals surface area (Å²) in [4.78, 5) is 0. The van der Waals surface area contributed by atoms with Crippen LogP contribution in [-0.2, 0) is 9.47 Å². The first-order chi connectivity index (χ1) is 11.9. The molecule has 2 nitrogen and oxygen atoms in total. The maximum Gasteiger partial charge on any atom is 0.162 e. The SMILES string of the molecule is CCOC(CP(c1cc(C)cc(C)c1)c1cc(C)cc(C)c1)OCC. The van der Waals surface area contributed by atoms with E-state index < -0.39 is 7.92 Å². The van der Waals surface area contributed by atoms with Gasteiger partial charge in [-0.2, -0.15) is 0 Å². The van der Waals surface area contributed by atoms with Gasteiger partial charge in [0.1, 0.15) is 0 Å². The second-order valence-corrected chi connectivity index (χ2v) is 8.90. The minimum absolute atomic E-state index is 0.150. The lowest BCUT2D eigenvalue weighted by atomic mass is 10.2. The fourth-order valence-corrected chi connectivity index (χ4v) is 5.91. The minimum Gasteiger partial charge on any atom is -0.353 e. The molecule has 3 heteroatoms. The summed E-state index contributed by atoms with van der Waals surface area (Å²) in [6.45, 7) is 14.1. The van der Waals surface area contributed by atoms with Gasteiger partial charge in [-0.3, -0.25) is 0 Å². The summed E-state index contributed by atoms with van der Waals surface area (Å²) in [5.74, 6) is 0. The van der Waals surface area contributed by atoms with Gasteiger partial charge >= 0.3 is 0 Å². The van der Waals surface area contributed by atoms with Crippen LogP contribution in [0.15, 0.2) is 36.4 Å². The summed E-state index contributed by atoms with van der Waals surface area (Å²) >= 11 is 0. The number of hydrogen-bond acceptors (Lipinski definition) is 2. The van der Waals surface area contributed by atoms with E-state index in [9.17, 15) is 0 Å². The average Bonchev–Trinajstić information content (AvgIpc) is 2.50. The Labute approximate surface area is 154 Å². The number of rotatable bonds is 8. The molecule has 0 aliphatic rings. The van der Waals surface area contributed by atoms with Crippen LogP contribution in [-0.4, -0.2) is 25.7 Å². The van der Waals surface area contributed by atoms with Gasteiger partial charge in [-0.15, -0.1) is 0 Å². The van der Waals surface area contributed by atoms with Gasteiger partial charge in [-0.25, -0.2) is 0 Å². The second-order valence-electron chi connectivity index (χ2n) is 6.64. The van der Waals surface area contributed by atoms with Crippen LogP contribution >= 0.6 is 7.92 Å². The van der Waals surface area contributed by atoms with Crippen LogP contribution in [0.25, 0.3) is 0 Å². The Morgan fingerprint density at radius 3 is 1.36 bits per heavy atom. The van der Waals surface area contributed by atoms with Crippen LogP contribution in [0.1, 0.15) is 36.1 Å². The summed E-state index contributed by atoms with van der Waals surface area (Å²) in [6, 6.07) is 13.8. The first-order valence-electron chi connectivity index (χ1n) is 9.10. The van der Waals surface area contributed by atoms with Crippen LogP contribution in [0.3, 0.4) is 0 Å². The fourth-order valence-electron chi connectivity index (χ4n) is 3.25. The third-order valence-corrected chi connectivity index (χ3v) is 6.50. The maximum atomic E-state index is 5.87. The van der Waals surface area contributed by atoms with Crippen LogP contribution in [0, 0.1) is 27.7 Å². The molecule has 0 aliphatic heterocycles. The molecule has 2 aromatic rings. The van der Waals surface area contributed by atoms with Crippen LogP contribution in [0.5, 0.6) is 0 Å². The molecule has 136 valence electrons. The van der Waals surface area contributed by atoms with Crippen molar-refractivity contribution in [1.29, 1.82) is 0 Å². The Morgan fingerprint density at radius 1 is 0.680 bits per heavy atom. The number of benzene rings is 2. The monoisotopic (exact) mass is 358 g/mol. The van der Waals surface area contributed by atoms with E-state index in [0.717, 1.165) is 6.16 Å². The van der Waals surface area contributed by atoms with Crippen molar-refractivity contribution in [3.63, 3.8) is 0 Å². The van der Waals surface area contributed by atoms with E-state index in [2.05, 4.69) is 64.1 Å². The predicted octanol–water partition coefficient (Wildman–Crippen LogP) is 4.75. The number of aryl methyl sites for hydroxylation is 4. The Morgan fingerprint density at radius 2 is 1.04 bits per heavy atom. The molecule has 2 aromatic carbocycles. The summed E-state index contributed by atoms with van der Waals surface area (Å²) in [5, 5.41) is 2.81. The molecular formula is C22H31O2P. The Kier molecular flexibility index (Phi) is 7.62. The van der Waals surface area contributed by atoms with Gasteiger partial charge in [-0.1, -0.05) is 58.7 Å². The summed E-state index contributed by atoms with van der Waals surface area (Å²) in [7, 11) is -0.528. The molecule has 0 saturated carbocycles. The number of hydrogen-bond donors (Lipinski definition) is 0. The van der Waals surface area contributed by atoms with Crippen molar-refractivity contribution >= 4 is 18.5 Å². The normalized spacial score (nSPS) is 11.5. The van der Waals surface area contributed by atoms with Gasteiger partial charge in [-0.05, 0) is 60.1 Å². The molecule has 2 rings (SSSR count). The highest BCUT2D eigenvalue weighted by molar-refractivity contribution is 7.73. The molecule has 0 heterocycles. The van der Waals surface area contributed by atoms with Crippen molar-refractivity contribution in [3.05, 3.63) is 58.7 Å². The van der Waals surface area contributed by atoms with E-state index in [0.29, 0.717) is 13.2 Å². The zero-order valence-electron chi connectivity index (χ0n) is 16.4. The van der Waals surface area contributed by atoms with Crippen LogP contribution in [0.2, 0.25) is 0 Å². The Hall–Kier alpha value is -1.21.